The minimum Gasteiger partial charge on any atom is -0.327 e. The molecule has 0 atom stereocenters. The molecule has 0 radical (unpaired) electrons. The van der Waals surface area contributed by atoms with Gasteiger partial charge < -0.3 is 9.88 Å². The third kappa shape index (κ3) is 3.19. The van der Waals surface area contributed by atoms with Gasteiger partial charge in [-0.25, -0.2) is 9.67 Å². The molecule has 4 aromatic rings. The van der Waals surface area contributed by atoms with Gasteiger partial charge in [0.15, 0.2) is 0 Å². The lowest BCUT2D eigenvalue weighted by molar-refractivity contribution is 0.621. The van der Waals surface area contributed by atoms with Crippen LogP contribution in [0.2, 0.25) is 0 Å². The van der Waals surface area contributed by atoms with Gasteiger partial charge in [0, 0.05) is 25.5 Å². The van der Waals surface area contributed by atoms with Crippen molar-refractivity contribution < 1.29 is 0 Å². The van der Waals surface area contributed by atoms with Crippen LogP contribution < -0.4 is 5.32 Å². The number of para-hydroxylation sites is 2. The molecule has 0 unspecified atom stereocenters. The standard InChI is InChI=1S/C20H21N5/c1-2-24-19-7-4-3-6-18(19)23-20(24)15-21-14-16-8-10-17(11-9-16)25-13-5-12-22-25/h3-13,21H,2,14-15H2,1H3. The molecule has 5 nitrogen and oxygen atoms in total. The van der Waals surface area contributed by atoms with Crippen molar-refractivity contribution in [3.8, 4) is 5.69 Å². The molecule has 0 spiro atoms. The monoisotopic (exact) mass is 331 g/mol. The summed E-state index contributed by atoms with van der Waals surface area (Å²) in [5.74, 6) is 1.08. The summed E-state index contributed by atoms with van der Waals surface area (Å²) < 4.78 is 4.13. The molecule has 0 amide bonds. The van der Waals surface area contributed by atoms with E-state index in [0.29, 0.717) is 0 Å². The van der Waals surface area contributed by atoms with Crippen LogP contribution in [0.1, 0.15) is 18.3 Å². The van der Waals surface area contributed by atoms with Gasteiger partial charge in [0.1, 0.15) is 5.82 Å². The number of nitrogens with one attached hydrogen (secondary N) is 1. The Kier molecular flexibility index (Phi) is 4.31. The summed E-state index contributed by atoms with van der Waals surface area (Å²) in [5.41, 5.74) is 4.58. The van der Waals surface area contributed by atoms with Crippen molar-refractivity contribution in [2.75, 3.05) is 0 Å². The predicted octanol–water partition coefficient (Wildman–Crippen LogP) is 3.53. The van der Waals surface area contributed by atoms with E-state index in [-0.39, 0.29) is 0 Å². The minimum absolute atomic E-state index is 0.753. The van der Waals surface area contributed by atoms with E-state index in [4.69, 9.17) is 4.98 Å². The Morgan fingerprint density at radius 2 is 1.80 bits per heavy atom. The highest BCUT2D eigenvalue weighted by Crippen LogP contribution is 2.16. The first kappa shape index (κ1) is 15.6. The number of aromatic nitrogens is 4. The first-order valence-electron chi connectivity index (χ1n) is 8.59. The average Bonchev–Trinajstić information content (AvgIpc) is 3.30. The van der Waals surface area contributed by atoms with E-state index >= 15 is 0 Å². The zero-order valence-electron chi connectivity index (χ0n) is 14.3. The molecule has 0 saturated heterocycles. The Labute approximate surface area is 146 Å². The van der Waals surface area contributed by atoms with Crippen LogP contribution in [0.4, 0.5) is 0 Å². The highest BCUT2D eigenvalue weighted by atomic mass is 15.3. The molecule has 1 N–H and O–H groups in total. The lowest BCUT2D eigenvalue weighted by atomic mass is 10.2. The summed E-state index contributed by atoms with van der Waals surface area (Å²) in [6, 6.07) is 18.7. The molecule has 25 heavy (non-hydrogen) atoms. The van der Waals surface area contributed by atoms with Gasteiger partial charge in [-0.15, -0.1) is 0 Å². The lowest BCUT2D eigenvalue weighted by Crippen LogP contribution is -2.16. The lowest BCUT2D eigenvalue weighted by Gasteiger charge is -2.08. The maximum Gasteiger partial charge on any atom is 0.123 e. The Hall–Kier alpha value is -2.92. The van der Waals surface area contributed by atoms with E-state index in [1.807, 2.05) is 23.0 Å². The topological polar surface area (TPSA) is 47.7 Å². The number of rotatable bonds is 6. The molecule has 0 fully saturated rings. The molecule has 2 heterocycles. The van der Waals surface area contributed by atoms with Crippen molar-refractivity contribution in [3.63, 3.8) is 0 Å². The van der Waals surface area contributed by atoms with Crippen molar-refractivity contribution in [1.82, 2.24) is 24.6 Å². The largest absolute Gasteiger partial charge is 0.327 e. The zero-order chi connectivity index (χ0) is 17.1. The van der Waals surface area contributed by atoms with Crippen molar-refractivity contribution in [2.24, 2.45) is 0 Å². The number of hydrogen-bond acceptors (Lipinski definition) is 3. The van der Waals surface area contributed by atoms with Gasteiger partial charge in [-0.1, -0.05) is 24.3 Å². The quantitative estimate of drug-likeness (QED) is 0.588. The maximum atomic E-state index is 4.75. The van der Waals surface area contributed by atoms with Gasteiger partial charge in [-0.05, 0) is 42.8 Å². The van der Waals surface area contributed by atoms with E-state index in [9.17, 15) is 0 Å². The molecule has 0 bridgehead atoms. The molecule has 2 aromatic carbocycles. The molecule has 0 saturated carbocycles. The van der Waals surface area contributed by atoms with Crippen LogP contribution in [0.5, 0.6) is 0 Å². The average molecular weight is 331 g/mol. The van der Waals surface area contributed by atoms with Crippen LogP contribution >= 0.6 is 0 Å². The van der Waals surface area contributed by atoms with Gasteiger partial charge in [0.2, 0.25) is 0 Å². The fourth-order valence-corrected chi connectivity index (χ4v) is 3.12. The number of imidazole rings is 1. The number of aryl methyl sites for hydroxylation is 1. The van der Waals surface area contributed by atoms with Crippen LogP contribution in [0.15, 0.2) is 67.0 Å². The summed E-state index contributed by atoms with van der Waals surface area (Å²) in [6.45, 7) is 4.65. The number of fused-ring (bicyclic) bond motifs is 1. The molecule has 0 aliphatic carbocycles. The second-order valence-electron chi connectivity index (χ2n) is 5.98. The van der Waals surface area contributed by atoms with E-state index in [1.54, 1.807) is 6.20 Å². The number of hydrogen-bond donors (Lipinski definition) is 1. The number of nitrogens with zero attached hydrogens (tertiary/aromatic N) is 4. The van der Waals surface area contributed by atoms with E-state index in [0.717, 1.165) is 36.7 Å². The molecule has 126 valence electrons. The molecular weight excluding hydrogens is 310 g/mol. The fraction of sp³-hybridized carbons (Fsp3) is 0.200. The smallest absolute Gasteiger partial charge is 0.123 e. The van der Waals surface area contributed by atoms with Crippen LogP contribution in [0.25, 0.3) is 16.7 Å². The summed E-state index contributed by atoms with van der Waals surface area (Å²) in [6.07, 6.45) is 3.73. The molecule has 2 aromatic heterocycles. The van der Waals surface area contributed by atoms with Crippen molar-refractivity contribution >= 4 is 11.0 Å². The molecule has 5 heteroatoms. The highest BCUT2D eigenvalue weighted by molar-refractivity contribution is 5.75. The SMILES string of the molecule is CCn1c(CNCc2ccc(-n3cccn3)cc2)nc2ccccc21. The minimum atomic E-state index is 0.753. The molecule has 0 aliphatic rings. The number of benzene rings is 2. The van der Waals surface area contributed by atoms with Crippen LogP contribution in [-0.4, -0.2) is 19.3 Å². The van der Waals surface area contributed by atoms with Crippen LogP contribution in [0, 0.1) is 0 Å². The van der Waals surface area contributed by atoms with Crippen molar-refractivity contribution in [3.05, 3.63) is 78.4 Å². The van der Waals surface area contributed by atoms with Crippen LogP contribution in [-0.2, 0) is 19.6 Å². The Morgan fingerprint density at radius 1 is 0.960 bits per heavy atom. The second kappa shape index (κ2) is 6.91. The summed E-state index contributed by atoms with van der Waals surface area (Å²) in [7, 11) is 0. The van der Waals surface area contributed by atoms with Gasteiger partial charge in [0.05, 0.1) is 23.3 Å². The second-order valence-corrected chi connectivity index (χ2v) is 5.98. The molecule has 4 rings (SSSR count). The molecule has 0 aliphatic heterocycles. The normalized spacial score (nSPS) is 11.2. The van der Waals surface area contributed by atoms with E-state index in [2.05, 4.69) is 64.4 Å². The summed E-state index contributed by atoms with van der Waals surface area (Å²) in [4.78, 5) is 4.75. The van der Waals surface area contributed by atoms with Gasteiger partial charge in [0.25, 0.3) is 0 Å². The molecular formula is C20H21N5. The van der Waals surface area contributed by atoms with Gasteiger partial charge in [-0.3, -0.25) is 0 Å². The first-order chi connectivity index (χ1) is 12.3. The predicted molar refractivity (Wildman–Crippen MR) is 99.5 cm³/mol. The Balaban J connectivity index is 1.42. The van der Waals surface area contributed by atoms with Crippen molar-refractivity contribution in [2.45, 2.75) is 26.6 Å². The first-order valence-corrected chi connectivity index (χ1v) is 8.59. The third-order valence-electron chi connectivity index (χ3n) is 4.37. The maximum absolute atomic E-state index is 4.75. The fourth-order valence-electron chi connectivity index (χ4n) is 3.12. The summed E-state index contributed by atoms with van der Waals surface area (Å²) in [5, 5.41) is 7.75. The van der Waals surface area contributed by atoms with Gasteiger partial charge >= 0.3 is 0 Å². The van der Waals surface area contributed by atoms with E-state index in [1.165, 1.54) is 11.1 Å². The van der Waals surface area contributed by atoms with Crippen molar-refractivity contribution in [1.29, 1.82) is 0 Å². The van der Waals surface area contributed by atoms with E-state index < -0.39 is 0 Å². The third-order valence-corrected chi connectivity index (χ3v) is 4.37. The Morgan fingerprint density at radius 3 is 2.56 bits per heavy atom. The zero-order valence-corrected chi connectivity index (χ0v) is 14.3. The summed E-state index contributed by atoms with van der Waals surface area (Å²) >= 11 is 0. The highest BCUT2D eigenvalue weighted by Gasteiger charge is 2.08. The Bertz CT molecular complexity index is 952. The van der Waals surface area contributed by atoms with Gasteiger partial charge in [-0.2, -0.15) is 5.10 Å². The van der Waals surface area contributed by atoms with Crippen LogP contribution in [0.3, 0.4) is 0 Å².